The highest BCUT2D eigenvalue weighted by atomic mass is 32.2. The van der Waals surface area contributed by atoms with Crippen molar-refractivity contribution < 1.29 is 16.8 Å². The second kappa shape index (κ2) is 4.26. The molecule has 0 saturated carbocycles. The number of hydrogen-bond donors (Lipinski definition) is 2. The van der Waals surface area contributed by atoms with Crippen LogP contribution in [0, 0.1) is 0 Å². The quantitative estimate of drug-likeness (QED) is 0.741. The van der Waals surface area contributed by atoms with Crippen molar-refractivity contribution in [1.29, 1.82) is 0 Å². The van der Waals surface area contributed by atoms with Crippen LogP contribution in [0.5, 0.6) is 0 Å². The van der Waals surface area contributed by atoms with Gasteiger partial charge in [-0.25, -0.2) is 21.9 Å². The van der Waals surface area contributed by atoms with Crippen LogP contribution >= 0.6 is 0 Å². The van der Waals surface area contributed by atoms with Gasteiger partial charge in [-0.1, -0.05) is 0 Å². The van der Waals surface area contributed by atoms with E-state index in [2.05, 4.69) is 19.9 Å². The molecule has 0 aromatic carbocycles. The Labute approximate surface area is 98.8 Å². The monoisotopic (exact) mass is 280 g/mol. The summed E-state index contributed by atoms with van der Waals surface area (Å²) >= 11 is 0. The van der Waals surface area contributed by atoms with Crippen LogP contribution in [0.2, 0.25) is 0 Å². The van der Waals surface area contributed by atoms with Gasteiger partial charge in [-0.2, -0.15) is 10.1 Å². The standard InChI is InChI=1S/C7H12N4O4S2/c12-16(13)3-1-6(2-4-16)17(14,15)11-7-8-5-9-10-7/h5-6H,1-4H2,(H2,8,9,10,11). The van der Waals surface area contributed by atoms with Crippen LogP contribution in [-0.2, 0) is 19.9 Å². The van der Waals surface area contributed by atoms with Crippen molar-refractivity contribution in [1.82, 2.24) is 15.2 Å². The van der Waals surface area contributed by atoms with Gasteiger partial charge in [-0.05, 0) is 12.8 Å². The Morgan fingerprint density at radius 2 is 2.00 bits per heavy atom. The molecule has 17 heavy (non-hydrogen) atoms. The van der Waals surface area contributed by atoms with Crippen LogP contribution in [-0.4, -0.2) is 48.8 Å². The van der Waals surface area contributed by atoms with E-state index in [-0.39, 0.29) is 30.3 Å². The SMILES string of the molecule is O=S1(=O)CCC(S(=O)(=O)Nc2ncn[nH]2)CC1. The van der Waals surface area contributed by atoms with E-state index in [0.29, 0.717) is 0 Å². The Morgan fingerprint density at radius 1 is 1.35 bits per heavy atom. The molecule has 0 aliphatic carbocycles. The van der Waals surface area contributed by atoms with E-state index in [1.165, 1.54) is 6.33 Å². The molecule has 0 unspecified atom stereocenters. The highest BCUT2D eigenvalue weighted by Gasteiger charge is 2.33. The Hall–Kier alpha value is -1.16. The number of sulfone groups is 1. The van der Waals surface area contributed by atoms with Crippen LogP contribution in [0.3, 0.4) is 0 Å². The number of nitrogens with one attached hydrogen (secondary N) is 2. The lowest BCUT2D eigenvalue weighted by Crippen LogP contribution is -2.36. The normalized spacial score (nSPS) is 21.2. The van der Waals surface area contributed by atoms with Gasteiger partial charge >= 0.3 is 0 Å². The molecule has 2 heterocycles. The molecule has 0 amide bonds. The van der Waals surface area contributed by atoms with Crippen LogP contribution in [0.15, 0.2) is 6.33 Å². The maximum absolute atomic E-state index is 11.9. The van der Waals surface area contributed by atoms with Gasteiger partial charge < -0.3 is 0 Å². The van der Waals surface area contributed by atoms with Gasteiger partial charge in [0.1, 0.15) is 16.2 Å². The first-order valence-electron chi connectivity index (χ1n) is 4.96. The summed E-state index contributed by atoms with van der Waals surface area (Å²) in [7, 11) is -6.67. The molecule has 0 bridgehead atoms. The summed E-state index contributed by atoms with van der Waals surface area (Å²) < 4.78 is 48.4. The molecule has 0 spiro atoms. The van der Waals surface area contributed by atoms with E-state index >= 15 is 0 Å². The molecule has 1 saturated heterocycles. The fourth-order valence-electron chi connectivity index (χ4n) is 1.65. The number of aromatic nitrogens is 3. The van der Waals surface area contributed by atoms with Gasteiger partial charge in [0, 0.05) is 0 Å². The topological polar surface area (TPSA) is 122 Å². The highest BCUT2D eigenvalue weighted by Crippen LogP contribution is 2.20. The van der Waals surface area contributed by atoms with Gasteiger partial charge in [-0.15, -0.1) is 0 Å². The van der Waals surface area contributed by atoms with E-state index in [0.717, 1.165) is 0 Å². The Kier molecular flexibility index (Phi) is 3.08. The molecule has 96 valence electrons. The second-order valence-corrected chi connectivity index (χ2v) is 8.10. The van der Waals surface area contributed by atoms with Gasteiger partial charge in [0.2, 0.25) is 16.0 Å². The van der Waals surface area contributed by atoms with Crippen LogP contribution in [0.25, 0.3) is 0 Å². The van der Waals surface area contributed by atoms with Crippen molar-refractivity contribution in [3.8, 4) is 0 Å². The average molecular weight is 280 g/mol. The molecule has 2 rings (SSSR count). The molecule has 8 nitrogen and oxygen atoms in total. The molecule has 1 aromatic heterocycles. The zero-order valence-corrected chi connectivity index (χ0v) is 10.5. The van der Waals surface area contributed by atoms with E-state index in [4.69, 9.17) is 0 Å². The number of sulfonamides is 1. The average Bonchev–Trinajstić information content (AvgIpc) is 2.68. The molecule has 0 atom stereocenters. The molecule has 2 N–H and O–H groups in total. The number of rotatable bonds is 3. The summed E-state index contributed by atoms with van der Waals surface area (Å²) in [5.74, 6) is -0.136. The maximum atomic E-state index is 11.9. The summed E-state index contributed by atoms with van der Waals surface area (Å²) in [4.78, 5) is 3.65. The third-order valence-electron chi connectivity index (χ3n) is 2.59. The third-order valence-corrected chi connectivity index (χ3v) is 6.14. The molecular weight excluding hydrogens is 268 g/mol. The molecule has 0 radical (unpaired) electrons. The van der Waals surface area contributed by atoms with Gasteiger partial charge in [0.15, 0.2) is 0 Å². The van der Waals surface area contributed by atoms with E-state index in [1.54, 1.807) is 0 Å². The predicted octanol–water partition coefficient (Wildman–Crippen LogP) is -0.876. The first-order chi connectivity index (χ1) is 7.89. The number of hydrogen-bond acceptors (Lipinski definition) is 6. The Balaban J connectivity index is 2.07. The second-order valence-electron chi connectivity index (χ2n) is 3.83. The minimum atomic E-state index is -3.60. The van der Waals surface area contributed by atoms with Crippen molar-refractivity contribution >= 4 is 25.8 Å². The van der Waals surface area contributed by atoms with Crippen molar-refractivity contribution in [2.45, 2.75) is 18.1 Å². The lowest BCUT2D eigenvalue weighted by atomic mass is 10.2. The van der Waals surface area contributed by atoms with Crippen molar-refractivity contribution in [3.05, 3.63) is 6.33 Å². The Morgan fingerprint density at radius 3 is 2.53 bits per heavy atom. The smallest absolute Gasteiger partial charge is 0.237 e. The van der Waals surface area contributed by atoms with E-state index < -0.39 is 25.1 Å². The number of nitrogens with zero attached hydrogens (tertiary/aromatic N) is 2. The van der Waals surface area contributed by atoms with Crippen molar-refractivity contribution in [2.24, 2.45) is 0 Å². The van der Waals surface area contributed by atoms with E-state index in [1.807, 2.05) is 0 Å². The van der Waals surface area contributed by atoms with Crippen molar-refractivity contribution in [2.75, 3.05) is 16.2 Å². The minimum absolute atomic E-state index is 0.0402. The summed E-state index contributed by atoms with van der Waals surface area (Å²) in [5.41, 5.74) is 0. The molecular formula is C7H12N4O4S2. The first kappa shape index (κ1) is 12.3. The summed E-state index contributed by atoms with van der Waals surface area (Å²) in [6.45, 7) is 0. The Bertz CT molecular complexity index is 563. The molecule has 10 heteroatoms. The molecule has 1 aliphatic rings. The zero-order valence-electron chi connectivity index (χ0n) is 8.83. The lowest BCUT2D eigenvalue weighted by Gasteiger charge is -2.21. The number of anilines is 1. The fourth-order valence-corrected chi connectivity index (χ4v) is 4.83. The fraction of sp³-hybridized carbons (Fsp3) is 0.714. The predicted molar refractivity (Wildman–Crippen MR) is 60.6 cm³/mol. The minimum Gasteiger partial charge on any atom is -0.251 e. The van der Waals surface area contributed by atoms with Gasteiger partial charge in [-0.3, -0.25) is 4.72 Å². The summed E-state index contributed by atoms with van der Waals surface area (Å²) in [5, 5.41) is 5.20. The van der Waals surface area contributed by atoms with Gasteiger partial charge in [0.05, 0.1) is 16.8 Å². The lowest BCUT2D eigenvalue weighted by molar-refractivity contribution is 0.555. The molecule has 1 aromatic rings. The maximum Gasteiger partial charge on any atom is 0.237 e. The summed E-state index contributed by atoms with van der Waals surface area (Å²) in [6.07, 6.45) is 1.42. The van der Waals surface area contributed by atoms with E-state index in [9.17, 15) is 16.8 Å². The van der Waals surface area contributed by atoms with Gasteiger partial charge in [0.25, 0.3) is 0 Å². The zero-order chi connectivity index (χ0) is 12.5. The largest absolute Gasteiger partial charge is 0.251 e. The summed E-state index contributed by atoms with van der Waals surface area (Å²) in [6, 6.07) is 0. The number of H-pyrrole nitrogens is 1. The van der Waals surface area contributed by atoms with Crippen LogP contribution in [0.4, 0.5) is 5.95 Å². The number of aromatic amines is 1. The van der Waals surface area contributed by atoms with Crippen molar-refractivity contribution in [3.63, 3.8) is 0 Å². The first-order valence-corrected chi connectivity index (χ1v) is 8.33. The molecule has 1 aliphatic heterocycles. The van der Waals surface area contributed by atoms with Crippen LogP contribution in [0.1, 0.15) is 12.8 Å². The van der Waals surface area contributed by atoms with Crippen LogP contribution < -0.4 is 4.72 Å². The third kappa shape index (κ3) is 2.94. The molecule has 1 fully saturated rings. The highest BCUT2D eigenvalue weighted by molar-refractivity contribution is 7.94.